The van der Waals surface area contributed by atoms with Gasteiger partial charge in [-0.1, -0.05) is 23.7 Å². The summed E-state index contributed by atoms with van der Waals surface area (Å²) in [6, 6.07) is 7.82. The first-order valence-corrected chi connectivity index (χ1v) is 7.01. The second-order valence-corrected chi connectivity index (χ2v) is 6.78. The van der Waals surface area contributed by atoms with Crippen molar-refractivity contribution in [1.29, 1.82) is 0 Å². The largest absolute Gasteiger partial charge is 0.337 e. The molecule has 0 heterocycles. The van der Waals surface area contributed by atoms with Crippen molar-refractivity contribution >= 4 is 17.6 Å². The molecule has 104 valence electrons. The highest BCUT2D eigenvalue weighted by Gasteiger charge is 2.44. The van der Waals surface area contributed by atoms with E-state index in [2.05, 4.69) is 22.8 Å². The zero-order valence-corrected chi connectivity index (χ0v) is 12.5. The number of nitrogens with one attached hydrogen (secondary N) is 2. The van der Waals surface area contributed by atoms with Crippen molar-refractivity contribution < 1.29 is 4.79 Å². The molecule has 0 radical (unpaired) electrons. The van der Waals surface area contributed by atoms with E-state index in [4.69, 9.17) is 11.6 Å². The Morgan fingerprint density at radius 2 is 1.84 bits per heavy atom. The summed E-state index contributed by atoms with van der Waals surface area (Å²) in [5.74, 6) is 0. The summed E-state index contributed by atoms with van der Waals surface area (Å²) in [4.78, 5) is 11.8. The van der Waals surface area contributed by atoms with Crippen molar-refractivity contribution in [3.05, 3.63) is 34.9 Å². The number of hydrogen-bond donors (Lipinski definition) is 2. The van der Waals surface area contributed by atoms with Crippen LogP contribution in [0.25, 0.3) is 0 Å². The van der Waals surface area contributed by atoms with E-state index in [1.807, 2.05) is 32.9 Å². The average Bonchev–Trinajstić information content (AvgIpc) is 3.06. The molecule has 4 heteroatoms. The summed E-state index contributed by atoms with van der Waals surface area (Å²) in [7, 11) is 0. The molecule has 1 fully saturated rings. The minimum Gasteiger partial charge on any atom is -0.337 e. The van der Waals surface area contributed by atoms with Crippen LogP contribution in [-0.4, -0.2) is 18.1 Å². The molecule has 1 aliphatic carbocycles. The molecule has 0 bridgehead atoms. The molecular weight excluding hydrogens is 260 g/mol. The van der Waals surface area contributed by atoms with Gasteiger partial charge in [-0.25, -0.2) is 4.79 Å². The number of urea groups is 1. The summed E-state index contributed by atoms with van der Waals surface area (Å²) >= 11 is 5.90. The minimum atomic E-state index is -0.207. The van der Waals surface area contributed by atoms with Crippen LogP contribution in [0.3, 0.4) is 0 Å². The molecule has 3 nitrogen and oxygen atoms in total. The summed E-state index contributed by atoms with van der Waals surface area (Å²) in [6.45, 7) is 6.59. The van der Waals surface area contributed by atoms with Gasteiger partial charge in [0.05, 0.1) is 0 Å². The lowest BCUT2D eigenvalue weighted by molar-refractivity contribution is 0.231. The van der Waals surface area contributed by atoms with Gasteiger partial charge in [-0.15, -0.1) is 0 Å². The summed E-state index contributed by atoms with van der Waals surface area (Å²) in [5.41, 5.74) is 1.16. The monoisotopic (exact) mass is 280 g/mol. The zero-order valence-electron chi connectivity index (χ0n) is 11.7. The Kier molecular flexibility index (Phi) is 3.77. The van der Waals surface area contributed by atoms with Crippen molar-refractivity contribution in [3.63, 3.8) is 0 Å². The summed E-state index contributed by atoms with van der Waals surface area (Å²) in [6.07, 6.45) is 2.23. The van der Waals surface area contributed by atoms with E-state index in [0.717, 1.165) is 17.9 Å². The number of rotatable bonds is 3. The Balaban J connectivity index is 1.92. The van der Waals surface area contributed by atoms with Crippen molar-refractivity contribution in [3.8, 4) is 0 Å². The molecule has 2 N–H and O–H groups in total. The van der Waals surface area contributed by atoms with Gasteiger partial charge in [-0.3, -0.25) is 0 Å². The Labute approximate surface area is 119 Å². The highest BCUT2D eigenvalue weighted by atomic mass is 35.5. The van der Waals surface area contributed by atoms with Gasteiger partial charge in [0.25, 0.3) is 0 Å². The molecular formula is C15H21ClN2O. The van der Waals surface area contributed by atoms with Crippen LogP contribution in [-0.2, 0) is 5.41 Å². The molecule has 1 aromatic rings. The number of amides is 2. The molecule has 0 spiro atoms. The van der Waals surface area contributed by atoms with Crippen LogP contribution >= 0.6 is 11.6 Å². The SMILES string of the molecule is CC(C)(C)NC(=O)NCC1(c2ccc(Cl)cc2)CC1. The van der Waals surface area contributed by atoms with E-state index in [9.17, 15) is 4.79 Å². The van der Waals surface area contributed by atoms with E-state index >= 15 is 0 Å². The normalized spacial score (nSPS) is 16.8. The van der Waals surface area contributed by atoms with E-state index < -0.39 is 0 Å². The summed E-state index contributed by atoms with van der Waals surface area (Å²) < 4.78 is 0. The molecule has 19 heavy (non-hydrogen) atoms. The van der Waals surface area contributed by atoms with Gasteiger partial charge in [0.1, 0.15) is 0 Å². The van der Waals surface area contributed by atoms with Crippen LogP contribution in [0.1, 0.15) is 39.2 Å². The van der Waals surface area contributed by atoms with E-state index in [1.165, 1.54) is 5.56 Å². The first kappa shape index (κ1) is 14.2. The number of hydrogen-bond acceptors (Lipinski definition) is 1. The highest BCUT2D eigenvalue weighted by Crippen LogP contribution is 2.47. The Morgan fingerprint density at radius 1 is 1.26 bits per heavy atom. The average molecular weight is 281 g/mol. The van der Waals surface area contributed by atoms with Crippen molar-refractivity contribution in [2.45, 2.75) is 44.6 Å². The van der Waals surface area contributed by atoms with Gasteiger partial charge in [0.15, 0.2) is 0 Å². The minimum absolute atomic E-state index is 0.104. The van der Waals surface area contributed by atoms with E-state index in [1.54, 1.807) is 0 Å². The van der Waals surface area contributed by atoms with Crippen molar-refractivity contribution in [2.24, 2.45) is 0 Å². The lowest BCUT2D eigenvalue weighted by Gasteiger charge is -2.23. The quantitative estimate of drug-likeness (QED) is 0.875. The Morgan fingerprint density at radius 3 is 2.32 bits per heavy atom. The molecule has 0 aromatic heterocycles. The van der Waals surface area contributed by atoms with Gasteiger partial charge in [0.2, 0.25) is 0 Å². The maximum atomic E-state index is 11.8. The molecule has 1 aromatic carbocycles. The third-order valence-electron chi connectivity index (χ3n) is 3.39. The molecule has 1 saturated carbocycles. The number of benzene rings is 1. The van der Waals surface area contributed by atoms with Gasteiger partial charge in [-0.05, 0) is 51.3 Å². The van der Waals surface area contributed by atoms with E-state index in [0.29, 0.717) is 6.54 Å². The van der Waals surface area contributed by atoms with Crippen LogP contribution in [0.4, 0.5) is 4.79 Å². The molecule has 2 amide bonds. The molecule has 0 saturated heterocycles. The maximum absolute atomic E-state index is 11.8. The van der Waals surface area contributed by atoms with Crippen LogP contribution in [0.15, 0.2) is 24.3 Å². The molecule has 0 atom stereocenters. The fraction of sp³-hybridized carbons (Fsp3) is 0.533. The van der Waals surface area contributed by atoms with E-state index in [-0.39, 0.29) is 17.0 Å². The lowest BCUT2D eigenvalue weighted by atomic mass is 9.96. The smallest absolute Gasteiger partial charge is 0.315 e. The molecule has 0 aliphatic heterocycles. The van der Waals surface area contributed by atoms with Gasteiger partial charge in [0, 0.05) is 22.5 Å². The second kappa shape index (κ2) is 5.04. The van der Waals surface area contributed by atoms with Gasteiger partial charge >= 0.3 is 6.03 Å². The second-order valence-electron chi connectivity index (χ2n) is 6.34. The zero-order chi connectivity index (χ0) is 14.1. The van der Waals surface area contributed by atoms with Crippen molar-refractivity contribution in [1.82, 2.24) is 10.6 Å². The Hall–Kier alpha value is -1.22. The van der Waals surface area contributed by atoms with Crippen LogP contribution in [0.2, 0.25) is 5.02 Å². The predicted molar refractivity (Wildman–Crippen MR) is 78.7 cm³/mol. The summed E-state index contributed by atoms with van der Waals surface area (Å²) in [5, 5.41) is 6.63. The third kappa shape index (κ3) is 3.87. The van der Waals surface area contributed by atoms with Gasteiger partial charge < -0.3 is 10.6 Å². The first-order valence-electron chi connectivity index (χ1n) is 6.63. The van der Waals surface area contributed by atoms with Gasteiger partial charge in [-0.2, -0.15) is 0 Å². The topological polar surface area (TPSA) is 41.1 Å². The fourth-order valence-corrected chi connectivity index (χ4v) is 2.28. The lowest BCUT2D eigenvalue weighted by Crippen LogP contribution is -2.48. The number of carbonyl (C=O) groups is 1. The fourth-order valence-electron chi connectivity index (χ4n) is 2.16. The number of halogens is 1. The van der Waals surface area contributed by atoms with Crippen LogP contribution < -0.4 is 10.6 Å². The first-order chi connectivity index (χ1) is 8.81. The molecule has 0 unspecified atom stereocenters. The highest BCUT2D eigenvalue weighted by molar-refractivity contribution is 6.30. The third-order valence-corrected chi connectivity index (χ3v) is 3.64. The van der Waals surface area contributed by atoms with Crippen molar-refractivity contribution in [2.75, 3.05) is 6.54 Å². The Bertz CT molecular complexity index is 458. The maximum Gasteiger partial charge on any atom is 0.315 e. The number of carbonyl (C=O) groups excluding carboxylic acids is 1. The predicted octanol–water partition coefficient (Wildman–Crippen LogP) is 3.47. The van der Waals surface area contributed by atoms with Crippen LogP contribution in [0.5, 0.6) is 0 Å². The van der Waals surface area contributed by atoms with Crippen LogP contribution in [0, 0.1) is 0 Å². The molecule has 1 aliphatic rings. The standard InChI is InChI=1S/C15H21ClN2O/c1-14(2,3)18-13(19)17-10-15(8-9-15)11-4-6-12(16)7-5-11/h4-7H,8-10H2,1-3H3,(H2,17,18,19). The molecule has 2 rings (SSSR count).